The van der Waals surface area contributed by atoms with E-state index in [1.165, 1.54) is 31.9 Å². The van der Waals surface area contributed by atoms with Gasteiger partial charge in [-0.1, -0.05) is 0 Å². The number of hydrogen-bond donors (Lipinski definition) is 1. The second-order valence-corrected chi connectivity index (χ2v) is 5.15. The van der Waals surface area contributed by atoms with Crippen molar-refractivity contribution in [1.29, 1.82) is 0 Å². The summed E-state index contributed by atoms with van der Waals surface area (Å²) >= 11 is 0. The van der Waals surface area contributed by atoms with Crippen molar-refractivity contribution in [3.63, 3.8) is 0 Å². The smallest absolute Gasteiger partial charge is 0.268 e. The summed E-state index contributed by atoms with van der Waals surface area (Å²) in [6.45, 7) is 2.04. The van der Waals surface area contributed by atoms with Gasteiger partial charge in [0.2, 0.25) is 0 Å². The minimum absolute atomic E-state index is 0.248. The van der Waals surface area contributed by atoms with Crippen molar-refractivity contribution in [2.45, 2.75) is 25.7 Å². The maximum atomic E-state index is 11.1. The molecule has 5 heteroatoms. The Balaban J connectivity index is 1.83. The normalized spacial score (nSPS) is 21.5. The molecule has 1 amide bonds. The van der Waals surface area contributed by atoms with Crippen LogP contribution in [0.25, 0.3) is 0 Å². The minimum Gasteiger partial charge on any atom is -0.364 e. The third-order valence-electron chi connectivity index (χ3n) is 3.82. The van der Waals surface area contributed by atoms with Crippen LogP contribution in [0.2, 0.25) is 0 Å². The fourth-order valence-electron chi connectivity index (χ4n) is 2.62. The summed E-state index contributed by atoms with van der Waals surface area (Å²) in [5.41, 5.74) is 6.00. The van der Waals surface area contributed by atoms with Crippen molar-refractivity contribution < 1.29 is 4.79 Å². The molecule has 1 aromatic rings. The SMILES string of the molecule is NC(=O)c1cncc(N2CCCC3(CC3)C2)n1. The van der Waals surface area contributed by atoms with Gasteiger partial charge >= 0.3 is 0 Å². The van der Waals surface area contributed by atoms with Gasteiger partial charge in [0, 0.05) is 13.1 Å². The quantitative estimate of drug-likeness (QED) is 0.824. The van der Waals surface area contributed by atoms with E-state index >= 15 is 0 Å². The average Bonchev–Trinajstić information content (AvgIpc) is 3.08. The molecule has 90 valence electrons. The molecule has 0 unspecified atom stereocenters. The van der Waals surface area contributed by atoms with Gasteiger partial charge in [0.1, 0.15) is 11.5 Å². The molecule has 1 aliphatic carbocycles. The minimum atomic E-state index is -0.516. The number of rotatable bonds is 2. The van der Waals surface area contributed by atoms with Gasteiger partial charge in [0.15, 0.2) is 0 Å². The summed E-state index contributed by atoms with van der Waals surface area (Å²) in [5.74, 6) is 0.268. The van der Waals surface area contributed by atoms with Gasteiger partial charge in [0.25, 0.3) is 5.91 Å². The molecule has 2 fully saturated rings. The van der Waals surface area contributed by atoms with Gasteiger partial charge in [-0.15, -0.1) is 0 Å². The number of nitrogens with two attached hydrogens (primary N) is 1. The molecule has 0 aromatic carbocycles. The van der Waals surface area contributed by atoms with E-state index in [4.69, 9.17) is 5.73 Å². The van der Waals surface area contributed by atoms with Crippen LogP contribution in [0.15, 0.2) is 12.4 Å². The molecule has 0 atom stereocenters. The van der Waals surface area contributed by atoms with Crippen LogP contribution in [-0.2, 0) is 0 Å². The lowest BCUT2D eigenvalue weighted by atomic mass is 9.95. The van der Waals surface area contributed by atoms with Gasteiger partial charge in [-0.25, -0.2) is 4.98 Å². The van der Waals surface area contributed by atoms with Crippen LogP contribution < -0.4 is 10.6 Å². The van der Waals surface area contributed by atoms with E-state index in [2.05, 4.69) is 14.9 Å². The van der Waals surface area contributed by atoms with E-state index in [0.717, 1.165) is 18.9 Å². The Morgan fingerprint density at radius 3 is 2.88 bits per heavy atom. The third-order valence-corrected chi connectivity index (χ3v) is 3.82. The van der Waals surface area contributed by atoms with Crippen molar-refractivity contribution in [3.8, 4) is 0 Å². The highest BCUT2D eigenvalue weighted by atomic mass is 16.1. The third kappa shape index (κ3) is 1.97. The van der Waals surface area contributed by atoms with Crippen LogP contribution in [-0.4, -0.2) is 29.0 Å². The molecule has 1 aromatic heterocycles. The molecular weight excluding hydrogens is 216 g/mol. The molecule has 3 rings (SSSR count). The van der Waals surface area contributed by atoms with E-state index < -0.39 is 5.91 Å². The van der Waals surface area contributed by atoms with Crippen LogP contribution in [0.4, 0.5) is 5.82 Å². The summed E-state index contributed by atoms with van der Waals surface area (Å²) in [6.07, 6.45) is 8.31. The van der Waals surface area contributed by atoms with Gasteiger partial charge in [-0.05, 0) is 31.1 Å². The highest BCUT2D eigenvalue weighted by molar-refractivity contribution is 5.90. The first-order valence-electron chi connectivity index (χ1n) is 6.05. The van der Waals surface area contributed by atoms with Crippen LogP contribution in [0.1, 0.15) is 36.2 Å². The monoisotopic (exact) mass is 232 g/mol. The Morgan fingerprint density at radius 1 is 1.35 bits per heavy atom. The zero-order chi connectivity index (χ0) is 11.9. The maximum absolute atomic E-state index is 11.1. The zero-order valence-electron chi connectivity index (χ0n) is 9.72. The maximum Gasteiger partial charge on any atom is 0.268 e. The lowest BCUT2D eigenvalue weighted by molar-refractivity contribution is 0.0995. The first kappa shape index (κ1) is 10.5. The van der Waals surface area contributed by atoms with Crippen molar-refractivity contribution in [2.24, 2.45) is 11.1 Å². The number of primary amides is 1. The first-order valence-corrected chi connectivity index (χ1v) is 6.05. The van der Waals surface area contributed by atoms with E-state index in [-0.39, 0.29) is 5.69 Å². The van der Waals surface area contributed by atoms with E-state index in [9.17, 15) is 4.79 Å². The van der Waals surface area contributed by atoms with Crippen molar-refractivity contribution >= 4 is 11.7 Å². The van der Waals surface area contributed by atoms with Gasteiger partial charge < -0.3 is 10.6 Å². The summed E-state index contributed by atoms with van der Waals surface area (Å²) in [5, 5.41) is 0. The Kier molecular flexibility index (Phi) is 2.28. The van der Waals surface area contributed by atoms with E-state index in [1.54, 1.807) is 6.20 Å². The molecule has 17 heavy (non-hydrogen) atoms. The number of amides is 1. The number of aromatic nitrogens is 2. The Hall–Kier alpha value is -1.65. The van der Waals surface area contributed by atoms with Crippen LogP contribution >= 0.6 is 0 Å². The molecule has 0 radical (unpaired) electrons. The molecule has 1 saturated carbocycles. The number of carbonyl (C=O) groups excluding carboxylic acids is 1. The number of nitrogens with zero attached hydrogens (tertiary/aromatic N) is 3. The number of carbonyl (C=O) groups is 1. The summed E-state index contributed by atoms with van der Waals surface area (Å²) in [6, 6.07) is 0. The Bertz CT molecular complexity index is 456. The van der Waals surface area contributed by atoms with Crippen LogP contribution in [0.5, 0.6) is 0 Å². The summed E-state index contributed by atoms with van der Waals surface area (Å²) < 4.78 is 0. The summed E-state index contributed by atoms with van der Waals surface area (Å²) in [7, 11) is 0. The molecule has 1 aliphatic heterocycles. The lowest BCUT2D eigenvalue weighted by Crippen LogP contribution is -2.37. The summed E-state index contributed by atoms with van der Waals surface area (Å²) in [4.78, 5) is 21.6. The Labute approximate surface area is 100 Å². The molecule has 1 spiro atoms. The van der Waals surface area contributed by atoms with Crippen LogP contribution in [0.3, 0.4) is 0 Å². The fourth-order valence-corrected chi connectivity index (χ4v) is 2.62. The average molecular weight is 232 g/mol. The highest BCUT2D eigenvalue weighted by Gasteiger charge is 2.45. The second-order valence-electron chi connectivity index (χ2n) is 5.15. The fraction of sp³-hybridized carbons (Fsp3) is 0.583. The topological polar surface area (TPSA) is 72.1 Å². The van der Waals surface area contributed by atoms with E-state index in [0.29, 0.717) is 5.41 Å². The second kappa shape index (κ2) is 3.68. The lowest BCUT2D eigenvalue weighted by Gasteiger charge is -2.33. The molecule has 2 heterocycles. The van der Waals surface area contributed by atoms with Gasteiger partial charge in [-0.2, -0.15) is 0 Å². The molecule has 2 N–H and O–H groups in total. The molecule has 1 saturated heterocycles. The molecule has 0 bridgehead atoms. The zero-order valence-corrected chi connectivity index (χ0v) is 9.72. The molecular formula is C12H16N4O. The van der Waals surface area contributed by atoms with Crippen molar-refractivity contribution in [3.05, 3.63) is 18.1 Å². The van der Waals surface area contributed by atoms with E-state index in [1.807, 2.05) is 0 Å². The standard InChI is InChI=1S/C12H16N4O/c13-11(17)9-6-14-7-10(15-9)16-5-1-2-12(8-16)3-4-12/h6-7H,1-5,8H2,(H2,13,17). The van der Waals surface area contributed by atoms with Gasteiger partial charge in [0.05, 0.1) is 12.4 Å². The van der Waals surface area contributed by atoms with Crippen molar-refractivity contribution in [1.82, 2.24) is 9.97 Å². The van der Waals surface area contributed by atoms with Gasteiger partial charge in [-0.3, -0.25) is 9.78 Å². The molecule has 5 nitrogen and oxygen atoms in total. The first-order chi connectivity index (χ1) is 8.19. The predicted molar refractivity (Wildman–Crippen MR) is 63.7 cm³/mol. The largest absolute Gasteiger partial charge is 0.364 e. The van der Waals surface area contributed by atoms with Crippen LogP contribution in [0, 0.1) is 5.41 Å². The predicted octanol–water partition coefficient (Wildman–Crippen LogP) is 0.956. The Morgan fingerprint density at radius 2 is 2.18 bits per heavy atom. The number of hydrogen-bond acceptors (Lipinski definition) is 4. The number of piperidine rings is 1. The van der Waals surface area contributed by atoms with Crippen molar-refractivity contribution in [2.75, 3.05) is 18.0 Å². The highest BCUT2D eigenvalue weighted by Crippen LogP contribution is 2.52. The number of anilines is 1. The molecule has 2 aliphatic rings.